The number of nitrogens with one attached hydrogen (secondary N) is 1. The molecule has 1 N–H and O–H groups in total. The van der Waals surface area contributed by atoms with Gasteiger partial charge in [-0.2, -0.15) is 0 Å². The Kier molecular flexibility index (Phi) is 6.50. The van der Waals surface area contributed by atoms with Crippen LogP contribution in [0.4, 0.5) is 0 Å². The largest absolute Gasteiger partial charge is 0.240 e. The Balaban J connectivity index is 2.40. The maximum atomic E-state index is 13.0. The second-order valence-electron chi connectivity index (χ2n) is 8.65. The molecule has 146 valence electrons. The summed E-state index contributed by atoms with van der Waals surface area (Å²) in [6.07, 6.45) is 4.04. The monoisotopic (exact) mass is 401 g/mol. The Morgan fingerprint density at radius 1 is 0.963 bits per heavy atom. The molecular weight excluding hydrogens is 370 g/mol. The van der Waals surface area contributed by atoms with E-state index in [0.717, 1.165) is 11.1 Å². The highest BCUT2D eigenvalue weighted by Crippen LogP contribution is 2.39. The lowest BCUT2D eigenvalue weighted by Crippen LogP contribution is -2.56. The van der Waals surface area contributed by atoms with Gasteiger partial charge >= 0.3 is 0 Å². The lowest BCUT2D eigenvalue weighted by atomic mass is 10.2. The third-order valence-corrected chi connectivity index (χ3v) is 13.0. The molecule has 27 heavy (non-hydrogen) atoms. The van der Waals surface area contributed by atoms with Gasteiger partial charge in [0, 0.05) is 5.67 Å². The SMILES string of the molecule is Cc1ccc(S(=O)(=O)NC(/C=C/c2ccccc2)[Si](C)(C)C(C)(C)C)cc1. The Morgan fingerprint density at radius 3 is 2.04 bits per heavy atom. The molecule has 2 aromatic carbocycles. The zero-order chi connectivity index (χ0) is 20.3. The highest BCUT2D eigenvalue weighted by Gasteiger charge is 2.42. The topological polar surface area (TPSA) is 46.2 Å². The van der Waals surface area contributed by atoms with Crippen molar-refractivity contribution >= 4 is 24.2 Å². The minimum atomic E-state index is -3.59. The van der Waals surface area contributed by atoms with E-state index in [4.69, 9.17) is 0 Å². The number of hydrogen-bond donors (Lipinski definition) is 1. The van der Waals surface area contributed by atoms with E-state index in [9.17, 15) is 8.42 Å². The van der Waals surface area contributed by atoms with E-state index in [1.807, 2.05) is 61.5 Å². The Hall–Kier alpha value is -1.69. The Labute approximate surface area is 165 Å². The van der Waals surface area contributed by atoms with Gasteiger partial charge in [-0.05, 0) is 29.7 Å². The minimum Gasteiger partial charge on any atom is -0.207 e. The molecule has 0 bridgehead atoms. The van der Waals surface area contributed by atoms with Crippen molar-refractivity contribution in [3.8, 4) is 0 Å². The van der Waals surface area contributed by atoms with Gasteiger partial charge in [0.2, 0.25) is 10.0 Å². The summed E-state index contributed by atoms with van der Waals surface area (Å²) in [5, 5.41) is 0.0362. The van der Waals surface area contributed by atoms with E-state index < -0.39 is 18.1 Å². The van der Waals surface area contributed by atoms with Crippen LogP contribution in [0.1, 0.15) is 31.9 Å². The first-order chi connectivity index (χ1) is 12.4. The molecule has 2 rings (SSSR count). The maximum Gasteiger partial charge on any atom is 0.240 e. The minimum absolute atomic E-state index is 0.0362. The molecule has 3 nitrogen and oxygen atoms in total. The number of benzene rings is 2. The fourth-order valence-electron chi connectivity index (χ4n) is 2.62. The molecule has 0 radical (unpaired) electrons. The number of aryl methyl sites for hydroxylation is 1. The second kappa shape index (κ2) is 8.13. The molecule has 0 saturated heterocycles. The molecule has 0 amide bonds. The van der Waals surface area contributed by atoms with Crippen molar-refractivity contribution in [2.45, 2.75) is 56.4 Å². The Bertz CT molecular complexity index is 880. The third-order valence-electron chi connectivity index (χ3n) is 5.60. The van der Waals surface area contributed by atoms with Gasteiger partial charge in [0.25, 0.3) is 0 Å². The van der Waals surface area contributed by atoms with Gasteiger partial charge in [-0.25, -0.2) is 13.1 Å². The quantitative estimate of drug-likeness (QED) is 0.658. The van der Waals surface area contributed by atoms with Crippen molar-refractivity contribution in [3.05, 3.63) is 71.8 Å². The van der Waals surface area contributed by atoms with Crippen LogP contribution < -0.4 is 4.72 Å². The van der Waals surface area contributed by atoms with Crippen LogP contribution >= 0.6 is 0 Å². The molecule has 1 unspecified atom stereocenters. The summed E-state index contributed by atoms with van der Waals surface area (Å²) in [7, 11) is -5.61. The Morgan fingerprint density at radius 2 is 1.52 bits per heavy atom. The lowest BCUT2D eigenvalue weighted by Gasteiger charge is -2.42. The summed E-state index contributed by atoms with van der Waals surface area (Å²) < 4.78 is 29.0. The van der Waals surface area contributed by atoms with Gasteiger partial charge in [-0.3, -0.25) is 0 Å². The fraction of sp³-hybridized carbons (Fsp3) is 0.364. The van der Waals surface area contributed by atoms with Crippen LogP contribution in [0.2, 0.25) is 18.1 Å². The summed E-state index contributed by atoms with van der Waals surface area (Å²) in [6, 6.07) is 17.0. The van der Waals surface area contributed by atoms with Crippen LogP contribution in [0.5, 0.6) is 0 Å². The van der Waals surface area contributed by atoms with E-state index >= 15 is 0 Å². The van der Waals surface area contributed by atoms with Crippen molar-refractivity contribution in [1.82, 2.24) is 4.72 Å². The summed E-state index contributed by atoms with van der Waals surface area (Å²) in [6.45, 7) is 13.0. The fourth-order valence-corrected chi connectivity index (χ4v) is 6.82. The molecule has 1 atom stereocenters. The normalized spacial score (nSPS) is 14.4. The van der Waals surface area contributed by atoms with Crippen molar-refractivity contribution in [2.24, 2.45) is 0 Å². The molecule has 2 aromatic rings. The maximum absolute atomic E-state index is 13.0. The molecule has 0 aliphatic carbocycles. The summed E-state index contributed by atoms with van der Waals surface area (Å²) in [4.78, 5) is 0.310. The lowest BCUT2D eigenvalue weighted by molar-refractivity contribution is 0.579. The van der Waals surface area contributed by atoms with Crippen LogP contribution in [-0.2, 0) is 10.0 Å². The van der Waals surface area contributed by atoms with Crippen LogP contribution in [0.25, 0.3) is 6.08 Å². The van der Waals surface area contributed by atoms with E-state index in [1.54, 1.807) is 12.1 Å². The highest BCUT2D eigenvalue weighted by molar-refractivity contribution is 7.89. The summed E-state index contributed by atoms with van der Waals surface area (Å²) >= 11 is 0. The van der Waals surface area contributed by atoms with Crippen LogP contribution in [0.15, 0.2) is 65.6 Å². The molecule has 5 heteroatoms. The van der Waals surface area contributed by atoms with E-state index in [0.29, 0.717) is 4.90 Å². The van der Waals surface area contributed by atoms with Crippen molar-refractivity contribution < 1.29 is 8.42 Å². The van der Waals surface area contributed by atoms with Crippen LogP contribution in [-0.4, -0.2) is 22.2 Å². The molecule has 0 aliphatic rings. The van der Waals surface area contributed by atoms with E-state index in [2.05, 4.69) is 38.6 Å². The van der Waals surface area contributed by atoms with Crippen molar-refractivity contribution in [1.29, 1.82) is 0 Å². The average Bonchev–Trinajstić information content (AvgIpc) is 2.58. The average molecular weight is 402 g/mol. The first-order valence-corrected chi connectivity index (χ1v) is 13.8. The zero-order valence-electron chi connectivity index (χ0n) is 17.2. The van der Waals surface area contributed by atoms with Gasteiger partial charge < -0.3 is 0 Å². The molecule has 0 fully saturated rings. The van der Waals surface area contributed by atoms with Gasteiger partial charge in [0.05, 0.1) is 13.0 Å². The number of sulfonamides is 1. The first kappa shape index (κ1) is 21.6. The van der Waals surface area contributed by atoms with Crippen LogP contribution in [0.3, 0.4) is 0 Å². The van der Waals surface area contributed by atoms with Gasteiger partial charge in [0.1, 0.15) is 0 Å². The standard InChI is InChI=1S/C22H31NO2SSi/c1-18-12-15-20(16-13-18)26(24,25)23-21(27(5,6)22(2,3)4)17-14-19-10-8-7-9-11-19/h7-17,21,23H,1-6H3/b17-14+. The van der Waals surface area contributed by atoms with Gasteiger partial charge in [-0.1, -0.05) is 94.0 Å². The molecule has 0 saturated carbocycles. The number of hydrogen-bond acceptors (Lipinski definition) is 2. The molecular formula is C22H31NO2SSi. The van der Waals surface area contributed by atoms with Crippen LogP contribution in [0, 0.1) is 6.92 Å². The predicted molar refractivity (Wildman–Crippen MR) is 118 cm³/mol. The second-order valence-corrected chi connectivity index (χ2v) is 15.9. The number of rotatable bonds is 6. The molecule has 0 spiro atoms. The van der Waals surface area contributed by atoms with E-state index in [-0.39, 0.29) is 10.7 Å². The van der Waals surface area contributed by atoms with Gasteiger partial charge in [-0.15, -0.1) is 0 Å². The molecule has 0 heterocycles. The highest BCUT2D eigenvalue weighted by atomic mass is 32.2. The predicted octanol–water partition coefficient (Wildman–Crippen LogP) is 5.40. The summed E-state index contributed by atoms with van der Waals surface area (Å²) in [5.41, 5.74) is 1.89. The first-order valence-electron chi connectivity index (χ1n) is 9.26. The summed E-state index contributed by atoms with van der Waals surface area (Å²) in [5.74, 6) is 0. The smallest absolute Gasteiger partial charge is 0.207 e. The van der Waals surface area contributed by atoms with Gasteiger partial charge in [0.15, 0.2) is 0 Å². The van der Waals surface area contributed by atoms with Crippen molar-refractivity contribution in [2.75, 3.05) is 0 Å². The molecule has 0 aliphatic heterocycles. The van der Waals surface area contributed by atoms with Crippen molar-refractivity contribution in [3.63, 3.8) is 0 Å². The van der Waals surface area contributed by atoms with E-state index in [1.165, 1.54) is 0 Å². The third kappa shape index (κ3) is 5.40. The zero-order valence-corrected chi connectivity index (χ0v) is 19.0. The molecule has 0 aromatic heterocycles.